The Labute approximate surface area is 80.0 Å². The van der Waals surface area contributed by atoms with Crippen LogP contribution >= 0.6 is 0 Å². The number of fused-ring (bicyclic) bond motifs is 3. The average molecular weight is 184 g/mol. The molecule has 0 unspecified atom stereocenters. The van der Waals surface area contributed by atoms with Crippen LogP contribution in [0.4, 0.5) is 0 Å². The zero-order chi connectivity index (χ0) is 9.47. The van der Waals surface area contributed by atoms with E-state index in [9.17, 15) is 10.2 Å². The second kappa shape index (κ2) is 3.25. The van der Waals surface area contributed by atoms with Gasteiger partial charge in [0, 0.05) is 13.2 Å². The van der Waals surface area contributed by atoms with Gasteiger partial charge in [0.2, 0.25) is 0 Å². The minimum Gasteiger partial charge on any atom is -0.396 e. The second-order valence-electron chi connectivity index (χ2n) is 5.06. The van der Waals surface area contributed by atoms with E-state index in [0.29, 0.717) is 17.8 Å². The monoisotopic (exact) mass is 184 g/mol. The molecule has 0 saturated heterocycles. The molecule has 3 rings (SSSR count). The van der Waals surface area contributed by atoms with Gasteiger partial charge in [-0.3, -0.25) is 0 Å². The fourth-order valence-electron chi connectivity index (χ4n) is 3.63. The van der Waals surface area contributed by atoms with Crippen LogP contribution in [0, 0.1) is 23.2 Å². The van der Waals surface area contributed by atoms with Gasteiger partial charge in [-0.2, -0.15) is 0 Å². The molecule has 0 aliphatic heterocycles. The Balaban J connectivity index is 2.23. The first-order valence-electron chi connectivity index (χ1n) is 5.44. The molecule has 0 amide bonds. The molecule has 2 bridgehead atoms. The summed E-state index contributed by atoms with van der Waals surface area (Å²) in [6.07, 6.45) is 5.06. The van der Waals surface area contributed by atoms with Crippen molar-refractivity contribution < 1.29 is 10.2 Å². The van der Waals surface area contributed by atoms with Crippen molar-refractivity contribution in [3.63, 3.8) is 0 Å². The lowest BCUT2D eigenvalue weighted by atomic mass is 9.51. The molecule has 0 aromatic heterocycles. The first kappa shape index (κ1) is 9.47. The maximum absolute atomic E-state index is 9.46. The lowest BCUT2D eigenvalue weighted by Crippen LogP contribution is -2.51. The van der Waals surface area contributed by atoms with Gasteiger partial charge < -0.3 is 10.2 Å². The maximum atomic E-state index is 9.46. The second-order valence-corrected chi connectivity index (χ2v) is 5.06. The van der Waals surface area contributed by atoms with Crippen molar-refractivity contribution in [2.24, 2.45) is 23.2 Å². The quantitative estimate of drug-likeness (QED) is 0.681. The Morgan fingerprint density at radius 3 is 2.15 bits per heavy atom. The molecule has 0 spiro atoms. The Hall–Kier alpha value is -0.0800. The molecule has 3 fully saturated rings. The van der Waals surface area contributed by atoms with E-state index in [-0.39, 0.29) is 18.6 Å². The Morgan fingerprint density at radius 1 is 1.15 bits per heavy atom. The van der Waals surface area contributed by atoms with E-state index in [1.165, 1.54) is 25.7 Å². The van der Waals surface area contributed by atoms with Gasteiger partial charge in [0.25, 0.3) is 0 Å². The summed E-state index contributed by atoms with van der Waals surface area (Å²) in [5.41, 5.74) is 0.00984. The molecule has 0 aromatic rings. The fraction of sp³-hybridized carbons (Fsp3) is 1.00. The van der Waals surface area contributed by atoms with Crippen LogP contribution in [0.2, 0.25) is 0 Å². The highest BCUT2D eigenvalue weighted by Gasteiger charge is 2.50. The Morgan fingerprint density at radius 2 is 1.77 bits per heavy atom. The van der Waals surface area contributed by atoms with Gasteiger partial charge >= 0.3 is 0 Å². The first-order valence-corrected chi connectivity index (χ1v) is 5.44. The standard InChI is InChI=1S/C11H20O2/c1-11(7-13)9-4-2-8(3-5-9)10(11)6-12/h8-10,12-13H,2-7H2,1H3/t8?,9?,10-,11+/m0/s1. The molecule has 3 aliphatic carbocycles. The van der Waals surface area contributed by atoms with Gasteiger partial charge in [0.15, 0.2) is 0 Å². The van der Waals surface area contributed by atoms with Crippen LogP contribution in [0.15, 0.2) is 0 Å². The number of hydrogen-bond donors (Lipinski definition) is 2. The molecule has 2 atom stereocenters. The SMILES string of the molecule is C[C@@]1(CO)C2CCC(CC2)[C@@H]1CO. The van der Waals surface area contributed by atoms with E-state index in [1.807, 2.05) is 0 Å². The fourth-order valence-corrected chi connectivity index (χ4v) is 3.63. The van der Waals surface area contributed by atoms with Crippen molar-refractivity contribution in [3.05, 3.63) is 0 Å². The van der Waals surface area contributed by atoms with Crippen molar-refractivity contribution in [1.82, 2.24) is 0 Å². The first-order chi connectivity index (χ1) is 6.22. The molecule has 13 heavy (non-hydrogen) atoms. The average Bonchev–Trinajstić information content (AvgIpc) is 2.19. The number of hydrogen-bond acceptors (Lipinski definition) is 2. The van der Waals surface area contributed by atoms with E-state index in [2.05, 4.69) is 6.92 Å². The van der Waals surface area contributed by atoms with Crippen LogP contribution in [0.5, 0.6) is 0 Å². The molecule has 3 aliphatic rings. The summed E-state index contributed by atoms with van der Waals surface area (Å²) in [5.74, 6) is 1.68. The van der Waals surface area contributed by atoms with Gasteiger partial charge in [-0.05, 0) is 48.9 Å². The number of aliphatic hydroxyl groups excluding tert-OH is 2. The van der Waals surface area contributed by atoms with Crippen LogP contribution in [0.3, 0.4) is 0 Å². The maximum Gasteiger partial charge on any atom is 0.0491 e. The summed E-state index contributed by atoms with van der Waals surface area (Å²) in [4.78, 5) is 0. The molecular weight excluding hydrogens is 164 g/mol. The van der Waals surface area contributed by atoms with Crippen LogP contribution in [0.25, 0.3) is 0 Å². The van der Waals surface area contributed by atoms with Gasteiger partial charge in [0.05, 0.1) is 0 Å². The van der Waals surface area contributed by atoms with Crippen molar-refractivity contribution >= 4 is 0 Å². The van der Waals surface area contributed by atoms with Crippen molar-refractivity contribution in [2.45, 2.75) is 32.6 Å². The summed E-state index contributed by atoms with van der Waals surface area (Å²) < 4.78 is 0. The minimum atomic E-state index is 0.00984. The number of aliphatic hydroxyl groups is 2. The van der Waals surface area contributed by atoms with Crippen molar-refractivity contribution in [3.8, 4) is 0 Å². The molecule has 2 nitrogen and oxygen atoms in total. The van der Waals surface area contributed by atoms with E-state index in [4.69, 9.17) is 0 Å². The van der Waals surface area contributed by atoms with E-state index < -0.39 is 0 Å². The molecule has 3 saturated carbocycles. The van der Waals surface area contributed by atoms with E-state index >= 15 is 0 Å². The minimum absolute atomic E-state index is 0.00984. The molecule has 0 heterocycles. The molecule has 2 N–H and O–H groups in total. The summed E-state index contributed by atoms with van der Waals surface area (Å²) in [6, 6.07) is 0. The smallest absolute Gasteiger partial charge is 0.0491 e. The van der Waals surface area contributed by atoms with Crippen LogP contribution in [-0.2, 0) is 0 Å². The third-order valence-corrected chi connectivity index (χ3v) is 4.66. The van der Waals surface area contributed by atoms with Crippen molar-refractivity contribution in [1.29, 1.82) is 0 Å². The van der Waals surface area contributed by atoms with E-state index in [0.717, 1.165) is 0 Å². The van der Waals surface area contributed by atoms with Gasteiger partial charge in [-0.15, -0.1) is 0 Å². The summed E-state index contributed by atoms with van der Waals surface area (Å²) >= 11 is 0. The normalized spacial score (nSPS) is 49.6. The molecular formula is C11H20O2. The highest BCUT2D eigenvalue weighted by Crippen LogP contribution is 2.55. The van der Waals surface area contributed by atoms with E-state index in [1.54, 1.807) is 0 Å². The summed E-state index contributed by atoms with van der Waals surface area (Å²) in [7, 11) is 0. The predicted molar refractivity (Wildman–Crippen MR) is 51.2 cm³/mol. The lowest BCUT2D eigenvalue weighted by Gasteiger charge is -2.54. The topological polar surface area (TPSA) is 40.5 Å². The molecule has 0 aromatic carbocycles. The predicted octanol–water partition coefficient (Wildman–Crippen LogP) is 1.41. The highest BCUT2D eigenvalue weighted by atomic mass is 16.3. The van der Waals surface area contributed by atoms with Gasteiger partial charge in [-0.1, -0.05) is 6.92 Å². The summed E-state index contributed by atoms with van der Waals surface area (Å²) in [5, 5.41) is 18.8. The lowest BCUT2D eigenvalue weighted by molar-refractivity contribution is -0.105. The third-order valence-electron chi connectivity index (χ3n) is 4.66. The molecule has 2 heteroatoms. The van der Waals surface area contributed by atoms with Crippen LogP contribution < -0.4 is 0 Å². The molecule has 76 valence electrons. The highest BCUT2D eigenvalue weighted by molar-refractivity contribution is 4.99. The Kier molecular flexibility index (Phi) is 2.37. The Bertz CT molecular complexity index is 185. The summed E-state index contributed by atoms with van der Waals surface area (Å²) in [6.45, 7) is 2.67. The van der Waals surface area contributed by atoms with Crippen LogP contribution in [-0.4, -0.2) is 23.4 Å². The largest absolute Gasteiger partial charge is 0.396 e. The van der Waals surface area contributed by atoms with Crippen LogP contribution in [0.1, 0.15) is 32.6 Å². The third kappa shape index (κ3) is 1.23. The zero-order valence-electron chi connectivity index (χ0n) is 8.37. The van der Waals surface area contributed by atoms with Gasteiger partial charge in [0.1, 0.15) is 0 Å². The molecule has 0 radical (unpaired) electrons. The van der Waals surface area contributed by atoms with Crippen molar-refractivity contribution in [2.75, 3.05) is 13.2 Å². The zero-order valence-corrected chi connectivity index (χ0v) is 8.37. The van der Waals surface area contributed by atoms with Gasteiger partial charge in [-0.25, -0.2) is 0 Å². The number of rotatable bonds is 2.